The highest BCUT2D eigenvalue weighted by Gasteiger charge is 2.33. The van der Waals surface area contributed by atoms with Crippen molar-refractivity contribution in [2.24, 2.45) is 5.92 Å². The number of hydrogen-bond donors (Lipinski definition) is 1. The van der Waals surface area contributed by atoms with E-state index in [9.17, 15) is 8.42 Å². The Morgan fingerprint density at radius 2 is 1.76 bits per heavy atom. The maximum atomic E-state index is 12.6. The van der Waals surface area contributed by atoms with Gasteiger partial charge in [0.15, 0.2) is 0 Å². The Labute approximate surface area is 131 Å². The molecule has 0 spiro atoms. The van der Waals surface area contributed by atoms with E-state index in [1.807, 2.05) is 13.8 Å². The van der Waals surface area contributed by atoms with Gasteiger partial charge in [-0.3, -0.25) is 0 Å². The summed E-state index contributed by atoms with van der Waals surface area (Å²) in [5.41, 5.74) is 0. The SMILES string of the molecule is CCCNCC1CCN(S(=O)(=O)N(C)C(CC)CC)CC1. The fourth-order valence-corrected chi connectivity index (χ4v) is 4.71. The summed E-state index contributed by atoms with van der Waals surface area (Å²) in [4.78, 5) is 0. The minimum atomic E-state index is -3.29. The zero-order valence-electron chi connectivity index (χ0n) is 14.1. The summed E-state index contributed by atoms with van der Waals surface area (Å²) < 4.78 is 28.5. The average Bonchev–Trinajstić information content (AvgIpc) is 2.49. The van der Waals surface area contributed by atoms with Gasteiger partial charge in [-0.25, -0.2) is 0 Å². The second-order valence-electron chi connectivity index (χ2n) is 6.04. The molecule has 0 aromatic rings. The first-order chi connectivity index (χ1) is 9.97. The minimum absolute atomic E-state index is 0.110. The summed E-state index contributed by atoms with van der Waals surface area (Å²) in [6.45, 7) is 9.64. The summed E-state index contributed by atoms with van der Waals surface area (Å²) >= 11 is 0. The van der Waals surface area contributed by atoms with Crippen molar-refractivity contribution in [3.63, 3.8) is 0 Å². The molecule has 6 heteroatoms. The highest BCUT2D eigenvalue weighted by atomic mass is 32.2. The van der Waals surface area contributed by atoms with Crippen LogP contribution in [0.3, 0.4) is 0 Å². The van der Waals surface area contributed by atoms with Crippen LogP contribution in [0.5, 0.6) is 0 Å². The normalized spacial score (nSPS) is 18.8. The van der Waals surface area contributed by atoms with E-state index in [1.165, 1.54) is 0 Å². The second kappa shape index (κ2) is 9.08. The van der Waals surface area contributed by atoms with Crippen LogP contribution in [0.15, 0.2) is 0 Å². The van der Waals surface area contributed by atoms with Gasteiger partial charge in [0.2, 0.25) is 0 Å². The van der Waals surface area contributed by atoms with E-state index in [4.69, 9.17) is 0 Å². The third-order valence-corrected chi connectivity index (χ3v) is 6.62. The van der Waals surface area contributed by atoms with E-state index in [1.54, 1.807) is 15.7 Å². The van der Waals surface area contributed by atoms with Crippen molar-refractivity contribution < 1.29 is 8.42 Å². The Balaban J connectivity index is 2.52. The third-order valence-electron chi connectivity index (χ3n) is 4.58. The number of hydrogen-bond acceptors (Lipinski definition) is 3. The second-order valence-corrected chi connectivity index (χ2v) is 8.03. The Bertz CT molecular complexity index is 374. The molecule has 1 saturated heterocycles. The van der Waals surface area contributed by atoms with Gasteiger partial charge in [-0.2, -0.15) is 17.0 Å². The molecule has 126 valence electrons. The molecule has 1 heterocycles. The molecule has 0 aromatic heterocycles. The molecule has 0 unspecified atom stereocenters. The molecule has 5 nitrogen and oxygen atoms in total. The van der Waals surface area contributed by atoms with Crippen LogP contribution in [0.4, 0.5) is 0 Å². The van der Waals surface area contributed by atoms with Crippen molar-refractivity contribution >= 4 is 10.2 Å². The summed E-state index contributed by atoms with van der Waals surface area (Å²) in [5, 5.41) is 3.44. The standard InChI is InChI=1S/C15H33N3O2S/c1-5-10-16-13-14-8-11-18(12-9-14)21(19,20)17(4)15(6-2)7-3/h14-16H,5-13H2,1-4H3. The largest absolute Gasteiger partial charge is 0.316 e. The van der Waals surface area contributed by atoms with Gasteiger partial charge in [-0.15, -0.1) is 0 Å². The molecule has 0 saturated carbocycles. The third kappa shape index (κ3) is 5.20. The molecule has 1 aliphatic rings. The van der Waals surface area contributed by atoms with Crippen LogP contribution < -0.4 is 5.32 Å². The quantitative estimate of drug-likeness (QED) is 0.662. The van der Waals surface area contributed by atoms with Crippen LogP contribution >= 0.6 is 0 Å². The van der Waals surface area contributed by atoms with Crippen molar-refractivity contribution in [2.45, 2.75) is 58.9 Å². The first kappa shape index (κ1) is 18.9. The van der Waals surface area contributed by atoms with Crippen LogP contribution in [-0.2, 0) is 10.2 Å². The van der Waals surface area contributed by atoms with Crippen molar-refractivity contribution in [1.82, 2.24) is 13.9 Å². The predicted octanol–water partition coefficient (Wildman–Crippen LogP) is 2.06. The first-order valence-corrected chi connectivity index (χ1v) is 9.80. The van der Waals surface area contributed by atoms with E-state index < -0.39 is 10.2 Å². The lowest BCUT2D eigenvalue weighted by molar-refractivity contribution is 0.241. The molecular weight excluding hydrogens is 286 g/mol. The van der Waals surface area contributed by atoms with Crippen LogP contribution in [0.25, 0.3) is 0 Å². The summed E-state index contributed by atoms with van der Waals surface area (Å²) in [5.74, 6) is 0.612. The van der Waals surface area contributed by atoms with E-state index in [-0.39, 0.29) is 6.04 Å². The molecule has 1 fully saturated rings. The number of nitrogens with one attached hydrogen (secondary N) is 1. The molecule has 0 radical (unpaired) electrons. The number of rotatable bonds is 9. The smallest absolute Gasteiger partial charge is 0.281 e. The maximum absolute atomic E-state index is 12.6. The summed E-state index contributed by atoms with van der Waals surface area (Å²) in [6, 6.07) is 0.110. The van der Waals surface area contributed by atoms with Crippen molar-refractivity contribution in [1.29, 1.82) is 0 Å². The van der Waals surface area contributed by atoms with E-state index in [2.05, 4.69) is 12.2 Å². The van der Waals surface area contributed by atoms with E-state index in [0.29, 0.717) is 19.0 Å². The van der Waals surface area contributed by atoms with Gasteiger partial charge in [0, 0.05) is 26.2 Å². The van der Waals surface area contributed by atoms with E-state index >= 15 is 0 Å². The molecule has 0 aliphatic carbocycles. The molecular formula is C15H33N3O2S. The monoisotopic (exact) mass is 319 g/mol. The summed E-state index contributed by atoms with van der Waals surface area (Å²) in [6.07, 6.45) is 4.81. The minimum Gasteiger partial charge on any atom is -0.316 e. The lowest BCUT2D eigenvalue weighted by atomic mass is 9.98. The van der Waals surface area contributed by atoms with Gasteiger partial charge >= 0.3 is 0 Å². The van der Waals surface area contributed by atoms with Crippen molar-refractivity contribution in [3.05, 3.63) is 0 Å². The Morgan fingerprint density at radius 3 is 2.24 bits per heavy atom. The zero-order chi connectivity index (χ0) is 15.9. The van der Waals surface area contributed by atoms with Gasteiger partial charge in [0.05, 0.1) is 0 Å². The van der Waals surface area contributed by atoms with Gasteiger partial charge in [0.25, 0.3) is 10.2 Å². The first-order valence-electron chi connectivity index (χ1n) is 8.41. The number of piperidine rings is 1. The van der Waals surface area contributed by atoms with Crippen LogP contribution in [0.1, 0.15) is 52.9 Å². The van der Waals surface area contributed by atoms with Gasteiger partial charge in [-0.05, 0) is 51.1 Å². The zero-order valence-corrected chi connectivity index (χ0v) is 15.0. The van der Waals surface area contributed by atoms with Crippen LogP contribution in [0.2, 0.25) is 0 Å². The fraction of sp³-hybridized carbons (Fsp3) is 1.00. The Kier molecular flexibility index (Phi) is 8.16. The molecule has 0 aromatic carbocycles. The van der Waals surface area contributed by atoms with Crippen molar-refractivity contribution in [2.75, 3.05) is 33.2 Å². The lowest BCUT2D eigenvalue weighted by Crippen LogP contribution is -2.49. The maximum Gasteiger partial charge on any atom is 0.281 e. The molecule has 0 amide bonds. The fourth-order valence-electron chi connectivity index (χ4n) is 3.00. The van der Waals surface area contributed by atoms with Crippen molar-refractivity contribution in [3.8, 4) is 0 Å². The van der Waals surface area contributed by atoms with Gasteiger partial charge < -0.3 is 5.32 Å². The van der Waals surface area contributed by atoms with Gasteiger partial charge in [0.1, 0.15) is 0 Å². The van der Waals surface area contributed by atoms with Crippen LogP contribution in [0, 0.1) is 5.92 Å². The van der Waals surface area contributed by atoms with E-state index in [0.717, 1.165) is 45.2 Å². The highest BCUT2D eigenvalue weighted by molar-refractivity contribution is 7.86. The Morgan fingerprint density at radius 1 is 1.19 bits per heavy atom. The molecule has 0 atom stereocenters. The highest BCUT2D eigenvalue weighted by Crippen LogP contribution is 2.22. The Hall–Kier alpha value is -0.170. The van der Waals surface area contributed by atoms with Gasteiger partial charge in [-0.1, -0.05) is 20.8 Å². The molecule has 0 bridgehead atoms. The molecule has 1 rings (SSSR count). The number of nitrogens with zero attached hydrogens (tertiary/aromatic N) is 2. The summed E-state index contributed by atoms with van der Waals surface area (Å²) in [7, 11) is -1.56. The molecule has 21 heavy (non-hydrogen) atoms. The average molecular weight is 320 g/mol. The molecule has 1 N–H and O–H groups in total. The lowest BCUT2D eigenvalue weighted by Gasteiger charge is -2.36. The van der Waals surface area contributed by atoms with Crippen LogP contribution in [-0.4, -0.2) is 56.3 Å². The topological polar surface area (TPSA) is 52.7 Å². The predicted molar refractivity (Wildman–Crippen MR) is 88.5 cm³/mol. The molecule has 1 aliphatic heterocycles.